The van der Waals surface area contributed by atoms with Gasteiger partial charge in [0, 0.05) is 42.8 Å². The molecule has 1 aliphatic rings. The smallest absolute Gasteiger partial charge is 0.225 e. The normalized spacial score (nSPS) is 15.3. The number of nitrogens with two attached hydrogens (primary N) is 1. The number of anilines is 2. The Bertz CT molecular complexity index is 856. The Kier molecular flexibility index (Phi) is 4.70. The fraction of sp³-hybridized carbons (Fsp3) is 0.412. The van der Waals surface area contributed by atoms with E-state index < -0.39 is 0 Å². The van der Waals surface area contributed by atoms with Crippen LogP contribution in [0.5, 0.6) is 5.88 Å². The van der Waals surface area contributed by atoms with Crippen LogP contribution in [-0.4, -0.2) is 44.7 Å². The second kappa shape index (κ2) is 7.28. The molecule has 1 saturated heterocycles. The highest BCUT2D eigenvalue weighted by Crippen LogP contribution is 2.30. The van der Waals surface area contributed by atoms with Crippen molar-refractivity contribution in [1.82, 2.24) is 24.5 Å². The van der Waals surface area contributed by atoms with E-state index in [4.69, 9.17) is 10.5 Å². The Morgan fingerprint density at radius 3 is 2.85 bits per heavy atom. The number of ether oxygens (including phenoxy) is 1. The number of hydrogen-bond donors (Lipinski definition) is 1. The van der Waals surface area contributed by atoms with Crippen molar-refractivity contribution in [3.8, 4) is 5.88 Å². The molecule has 1 aliphatic heterocycles. The third kappa shape index (κ3) is 3.48. The van der Waals surface area contributed by atoms with Gasteiger partial charge < -0.3 is 19.9 Å². The van der Waals surface area contributed by atoms with Crippen LogP contribution in [0, 0.1) is 0 Å². The monoisotopic (exact) mass is 371 g/mol. The van der Waals surface area contributed by atoms with Crippen molar-refractivity contribution in [1.29, 1.82) is 0 Å². The average Bonchev–Trinajstić information content (AvgIpc) is 3.34. The summed E-state index contributed by atoms with van der Waals surface area (Å²) in [5.41, 5.74) is 8.73. The summed E-state index contributed by atoms with van der Waals surface area (Å²) in [6.45, 7) is 2.57. The van der Waals surface area contributed by atoms with Gasteiger partial charge >= 0.3 is 0 Å². The van der Waals surface area contributed by atoms with E-state index >= 15 is 0 Å². The van der Waals surface area contributed by atoms with Gasteiger partial charge in [-0.15, -0.1) is 11.3 Å². The molecule has 3 aromatic rings. The lowest BCUT2D eigenvalue weighted by molar-refractivity contribution is 0.397. The number of methoxy groups -OCH3 is 1. The molecule has 0 saturated carbocycles. The number of rotatable bonds is 5. The fourth-order valence-electron chi connectivity index (χ4n) is 3.37. The molecule has 0 spiro atoms. The minimum absolute atomic E-state index is 0.236. The first kappa shape index (κ1) is 16.8. The number of nitrogen functional groups attached to an aromatic ring is 1. The van der Waals surface area contributed by atoms with Crippen molar-refractivity contribution in [2.24, 2.45) is 0 Å². The Morgan fingerprint density at radius 2 is 2.12 bits per heavy atom. The molecule has 0 amide bonds. The molecule has 0 aromatic carbocycles. The van der Waals surface area contributed by atoms with Crippen LogP contribution in [0.4, 0.5) is 11.8 Å². The lowest BCUT2D eigenvalue weighted by atomic mass is 9.96. The van der Waals surface area contributed by atoms with Crippen molar-refractivity contribution in [2.75, 3.05) is 30.8 Å². The minimum Gasteiger partial charge on any atom is -0.481 e. The zero-order valence-corrected chi connectivity index (χ0v) is 15.4. The highest BCUT2D eigenvalue weighted by Gasteiger charge is 2.25. The van der Waals surface area contributed by atoms with E-state index in [1.165, 1.54) is 0 Å². The fourth-order valence-corrected chi connectivity index (χ4v) is 3.92. The van der Waals surface area contributed by atoms with E-state index in [0.717, 1.165) is 49.8 Å². The second-order valence-corrected chi connectivity index (χ2v) is 7.00. The molecular formula is C17H21N7OS. The predicted molar refractivity (Wildman–Crippen MR) is 101 cm³/mol. The zero-order valence-electron chi connectivity index (χ0n) is 14.6. The van der Waals surface area contributed by atoms with Gasteiger partial charge in [-0.05, 0) is 12.8 Å². The molecule has 136 valence electrons. The van der Waals surface area contributed by atoms with Gasteiger partial charge in [0.1, 0.15) is 11.6 Å². The van der Waals surface area contributed by atoms with Crippen LogP contribution in [0.1, 0.15) is 30.3 Å². The summed E-state index contributed by atoms with van der Waals surface area (Å²) in [6.07, 6.45) is 5.95. The molecule has 2 N–H and O–H groups in total. The molecule has 0 unspecified atom stereocenters. The van der Waals surface area contributed by atoms with E-state index in [1.54, 1.807) is 18.4 Å². The molecule has 4 rings (SSSR count). The molecule has 0 atom stereocenters. The van der Waals surface area contributed by atoms with Crippen LogP contribution in [0.15, 0.2) is 29.4 Å². The molecule has 9 heteroatoms. The van der Waals surface area contributed by atoms with Gasteiger partial charge in [-0.3, -0.25) is 0 Å². The number of imidazole rings is 1. The van der Waals surface area contributed by atoms with Crippen LogP contribution in [0.2, 0.25) is 0 Å². The van der Waals surface area contributed by atoms with Crippen molar-refractivity contribution in [3.63, 3.8) is 0 Å². The number of piperidine rings is 1. The zero-order chi connectivity index (χ0) is 17.9. The first-order valence-electron chi connectivity index (χ1n) is 8.54. The molecule has 1 fully saturated rings. The van der Waals surface area contributed by atoms with E-state index in [0.29, 0.717) is 11.8 Å². The number of thiazole rings is 1. The molecule has 0 aliphatic carbocycles. The van der Waals surface area contributed by atoms with Crippen molar-refractivity contribution in [2.45, 2.75) is 25.3 Å². The molecule has 0 bridgehead atoms. The van der Waals surface area contributed by atoms with Gasteiger partial charge in [0.2, 0.25) is 11.8 Å². The highest BCUT2D eigenvalue weighted by molar-refractivity contribution is 7.07. The lowest BCUT2D eigenvalue weighted by Crippen LogP contribution is -2.34. The summed E-state index contributed by atoms with van der Waals surface area (Å²) in [5, 5.41) is 2.08. The van der Waals surface area contributed by atoms with Gasteiger partial charge in [-0.2, -0.15) is 9.97 Å². The highest BCUT2D eigenvalue weighted by atomic mass is 32.1. The molecule has 26 heavy (non-hydrogen) atoms. The molecular weight excluding hydrogens is 350 g/mol. The summed E-state index contributed by atoms with van der Waals surface area (Å²) in [7, 11) is 1.58. The van der Waals surface area contributed by atoms with Crippen LogP contribution >= 0.6 is 11.3 Å². The van der Waals surface area contributed by atoms with Crippen LogP contribution < -0.4 is 15.4 Å². The van der Waals surface area contributed by atoms with E-state index in [9.17, 15) is 0 Å². The van der Waals surface area contributed by atoms with Gasteiger partial charge in [-0.1, -0.05) is 0 Å². The maximum absolute atomic E-state index is 5.78. The average molecular weight is 371 g/mol. The topological polar surface area (TPSA) is 95.0 Å². The van der Waals surface area contributed by atoms with Gasteiger partial charge in [-0.25, -0.2) is 9.97 Å². The molecule has 0 radical (unpaired) electrons. The Morgan fingerprint density at radius 1 is 1.27 bits per heavy atom. The maximum Gasteiger partial charge on any atom is 0.225 e. The summed E-state index contributed by atoms with van der Waals surface area (Å²) < 4.78 is 7.41. The molecule has 8 nitrogen and oxygen atoms in total. The Balaban J connectivity index is 1.44. The Hall–Kier alpha value is -2.68. The number of aromatic nitrogens is 5. The van der Waals surface area contributed by atoms with E-state index in [2.05, 4.69) is 34.8 Å². The van der Waals surface area contributed by atoms with Gasteiger partial charge in [0.05, 0.1) is 24.9 Å². The minimum atomic E-state index is 0.236. The molecule has 3 aromatic heterocycles. The first-order chi connectivity index (χ1) is 12.7. The standard InChI is InChI=1S/C17H21N7OS/c1-25-15-8-14(21-17(18)22-15)23-5-2-12(3-6-23)16-19-4-7-24(16)9-13-10-26-11-20-13/h4,7-8,10-12H,2-3,5-6,9H2,1H3,(H2,18,21,22). The summed E-state index contributed by atoms with van der Waals surface area (Å²) >= 11 is 1.62. The largest absolute Gasteiger partial charge is 0.481 e. The number of hydrogen-bond acceptors (Lipinski definition) is 8. The van der Waals surface area contributed by atoms with Crippen molar-refractivity contribution < 1.29 is 4.74 Å². The SMILES string of the molecule is COc1cc(N2CCC(c3nccn3Cc3cscn3)CC2)nc(N)n1. The maximum atomic E-state index is 5.78. The first-order valence-corrected chi connectivity index (χ1v) is 9.49. The van der Waals surface area contributed by atoms with Crippen LogP contribution in [-0.2, 0) is 6.54 Å². The quantitative estimate of drug-likeness (QED) is 0.734. The van der Waals surface area contributed by atoms with Gasteiger partial charge in [0.25, 0.3) is 0 Å². The van der Waals surface area contributed by atoms with Crippen molar-refractivity contribution >= 4 is 23.1 Å². The summed E-state index contributed by atoms with van der Waals surface area (Å²) in [6, 6.07) is 1.83. The predicted octanol–water partition coefficient (Wildman–Crippen LogP) is 2.15. The summed E-state index contributed by atoms with van der Waals surface area (Å²) in [4.78, 5) is 19.6. The Labute approximate surface area is 155 Å². The van der Waals surface area contributed by atoms with E-state index in [-0.39, 0.29) is 5.95 Å². The second-order valence-electron chi connectivity index (χ2n) is 6.28. The van der Waals surface area contributed by atoms with Crippen LogP contribution in [0.25, 0.3) is 0 Å². The lowest BCUT2D eigenvalue weighted by Gasteiger charge is -2.32. The van der Waals surface area contributed by atoms with Gasteiger partial charge in [0.15, 0.2) is 0 Å². The van der Waals surface area contributed by atoms with E-state index in [1.807, 2.05) is 24.0 Å². The van der Waals surface area contributed by atoms with Crippen molar-refractivity contribution in [3.05, 3.63) is 40.9 Å². The summed E-state index contributed by atoms with van der Waals surface area (Å²) in [5.74, 6) is 3.12. The van der Waals surface area contributed by atoms with Crippen LogP contribution in [0.3, 0.4) is 0 Å². The third-order valence-corrected chi connectivity index (χ3v) is 5.30. The molecule has 4 heterocycles. The number of nitrogens with zero attached hydrogens (tertiary/aromatic N) is 6. The third-order valence-electron chi connectivity index (χ3n) is 4.66.